The first kappa shape index (κ1) is 27.6. The molecule has 0 N–H and O–H groups in total. The van der Waals surface area contributed by atoms with E-state index in [1.165, 1.54) is 5.56 Å². The molecule has 2 saturated heterocycles. The number of rotatable bonds is 5. The van der Waals surface area contributed by atoms with Crippen molar-refractivity contribution in [3.05, 3.63) is 59.7 Å². The molecule has 2 aliphatic heterocycles. The van der Waals surface area contributed by atoms with Gasteiger partial charge in [0.25, 0.3) is 5.91 Å². The first-order chi connectivity index (χ1) is 18.6. The van der Waals surface area contributed by atoms with E-state index in [1.807, 2.05) is 48.2 Å². The summed E-state index contributed by atoms with van der Waals surface area (Å²) in [7, 11) is 3.67. The third-order valence-electron chi connectivity index (χ3n) is 9.07. The SMILES string of the molecule is Cc1ccc(-c2ccc(C(=O)N(C)[C@H]3CCN(C(=O)N(C)C4CCN(C5CCC(F)(F)CC5)C4)C3)cc2)cc1. The van der Waals surface area contributed by atoms with Crippen molar-refractivity contribution in [2.24, 2.45) is 0 Å². The van der Waals surface area contributed by atoms with Crippen LogP contribution >= 0.6 is 0 Å². The molecule has 0 radical (unpaired) electrons. The third kappa shape index (κ3) is 6.11. The van der Waals surface area contributed by atoms with Gasteiger partial charge in [-0.3, -0.25) is 9.69 Å². The van der Waals surface area contributed by atoms with Crippen molar-refractivity contribution >= 4 is 11.9 Å². The molecule has 3 fully saturated rings. The summed E-state index contributed by atoms with van der Waals surface area (Å²) in [6.07, 6.45) is 2.60. The van der Waals surface area contributed by atoms with Gasteiger partial charge in [0.2, 0.25) is 5.92 Å². The smallest absolute Gasteiger partial charge is 0.320 e. The number of hydrogen-bond donors (Lipinski definition) is 0. The molecule has 0 aromatic heterocycles. The van der Waals surface area contributed by atoms with Crippen LogP contribution in [-0.2, 0) is 0 Å². The minimum Gasteiger partial charge on any atom is -0.337 e. The topological polar surface area (TPSA) is 47.1 Å². The zero-order valence-electron chi connectivity index (χ0n) is 23.3. The Kier molecular flexibility index (Phi) is 7.94. The lowest BCUT2D eigenvalue weighted by molar-refractivity contribution is -0.0518. The summed E-state index contributed by atoms with van der Waals surface area (Å²) < 4.78 is 27.1. The highest BCUT2D eigenvalue weighted by Crippen LogP contribution is 2.36. The second-order valence-electron chi connectivity index (χ2n) is 11.7. The monoisotopic (exact) mass is 538 g/mol. The molecule has 39 heavy (non-hydrogen) atoms. The van der Waals surface area contributed by atoms with Crippen molar-refractivity contribution in [3.63, 3.8) is 0 Å². The van der Waals surface area contributed by atoms with E-state index < -0.39 is 5.92 Å². The quantitative estimate of drug-likeness (QED) is 0.504. The van der Waals surface area contributed by atoms with Crippen LogP contribution in [0.5, 0.6) is 0 Å². The molecule has 2 atom stereocenters. The van der Waals surface area contributed by atoms with Crippen molar-refractivity contribution < 1.29 is 18.4 Å². The van der Waals surface area contributed by atoms with Crippen LogP contribution in [0.15, 0.2) is 48.5 Å². The number of hydrogen-bond acceptors (Lipinski definition) is 3. The number of nitrogens with zero attached hydrogens (tertiary/aromatic N) is 4. The van der Waals surface area contributed by atoms with Crippen molar-refractivity contribution in [3.8, 4) is 11.1 Å². The first-order valence-corrected chi connectivity index (χ1v) is 14.2. The zero-order valence-corrected chi connectivity index (χ0v) is 23.3. The van der Waals surface area contributed by atoms with Gasteiger partial charge in [0.05, 0.1) is 6.04 Å². The van der Waals surface area contributed by atoms with Gasteiger partial charge in [0.1, 0.15) is 0 Å². The van der Waals surface area contributed by atoms with E-state index in [2.05, 4.69) is 36.1 Å². The van der Waals surface area contributed by atoms with E-state index in [4.69, 9.17) is 0 Å². The Labute approximate surface area is 230 Å². The number of aryl methyl sites for hydroxylation is 1. The number of urea groups is 1. The van der Waals surface area contributed by atoms with E-state index in [1.54, 1.807) is 4.90 Å². The molecule has 1 saturated carbocycles. The maximum Gasteiger partial charge on any atom is 0.320 e. The third-order valence-corrected chi connectivity index (χ3v) is 9.07. The van der Waals surface area contributed by atoms with Gasteiger partial charge in [-0.25, -0.2) is 13.6 Å². The molecule has 0 bridgehead atoms. The molecule has 5 rings (SSSR count). The Hall–Kier alpha value is -3.00. The molecule has 6 nitrogen and oxygen atoms in total. The minimum absolute atomic E-state index is 0.0113. The Morgan fingerprint density at radius 3 is 2.00 bits per heavy atom. The second-order valence-corrected chi connectivity index (χ2v) is 11.7. The lowest BCUT2D eigenvalue weighted by Crippen LogP contribution is -2.48. The highest BCUT2D eigenvalue weighted by Gasteiger charge is 2.41. The van der Waals surface area contributed by atoms with Crippen LogP contribution < -0.4 is 0 Å². The van der Waals surface area contributed by atoms with Crippen LogP contribution in [0.3, 0.4) is 0 Å². The average Bonchev–Trinajstić information content (AvgIpc) is 3.63. The summed E-state index contributed by atoms with van der Waals surface area (Å²) in [6.45, 7) is 4.78. The van der Waals surface area contributed by atoms with Gasteiger partial charge in [-0.2, -0.15) is 0 Å². The summed E-state index contributed by atoms with van der Waals surface area (Å²) in [5, 5.41) is 0. The average molecular weight is 539 g/mol. The lowest BCUT2D eigenvalue weighted by Gasteiger charge is -2.35. The molecule has 3 amide bonds. The number of likely N-dealkylation sites (tertiary alicyclic amines) is 2. The summed E-state index contributed by atoms with van der Waals surface area (Å²) >= 11 is 0. The number of carbonyl (C=O) groups is 2. The summed E-state index contributed by atoms with van der Waals surface area (Å²) in [4.78, 5) is 34.3. The van der Waals surface area contributed by atoms with Crippen molar-refractivity contribution in [1.29, 1.82) is 0 Å². The number of alkyl halides is 2. The molecular formula is C31H40F2N4O2. The number of halogens is 2. The van der Waals surface area contributed by atoms with Gasteiger partial charge in [-0.15, -0.1) is 0 Å². The fourth-order valence-corrected chi connectivity index (χ4v) is 6.34. The van der Waals surface area contributed by atoms with Gasteiger partial charge >= 0.3 is 6.03 Å². The van der Waals surface area contributed by atoms with Crippen LogP contribution in [0.4, 0.5) is 13.6 Å². The standard InChI is InChI=1S/C31H40F2N4O2/c1-22-4-6-23(7-5-22)24-8-10-25(11-9-24)29(38)34(2)27-15-19-37(21-27)30(39)35(3)28-14-18-36(20-28)26-12-16-31(32,33)17-13-26/h4-11,26-28H,12-21H2,1-3H3/t27-,28?/m0/s1. The van der Waals surface area contributed by atoms with Gasteiger partial charge < -0.3 is 14.7 Å². The summed E-state index contributed by atoms with van der Waals surface area (Å²) in [5.74, 6) is -2.56. The van der Waals surface area contributed by atoms with E-state index in [9.17, 15) is 18.4 Å². The van der Waals surface area contributed by atoms with Gasteiger partial charge in [0, 0.05) is 70.8 Å². The molecule has 1 unspecified atom stereocenters. The molecule has 210 valence electrons. The van der Waals surface area contributed by atoms with E-state index >= 15 is 0 Å². The summed E-state index contributed by atoms with van der Waals surface area (Å²) in [5.41, 5.74) is 4.04. The highest BCUT2D eigenvalue weighted by molar-refractivity contribution is 5.95. The zero-order chi connectivity index (χ0) is 27.7. The predicted octanol–water partition coefficient (Wildman–Crippen LogP) is 5.51. The molecule has 3 aliphatic rings. The minimum atomic E-state index is -2.52. The molecule has 2 heterocycles. The number of amides is 3. The van der Waals surface area contributed by atoms with Gasteiger partial charge in [-0.05, 0) is 55.9 Å². The van der Waals surface area contributed by atoms with Crippen LogP contribution in [0.1, 0.15) is 54.4 Å². The Balaban J connectivity index is 1.13. The van der Waals surface area contributed by atoms with Crippen molar-refractivity contribution in [2.45, 2.75) is 69.5 Å². The van der Waals surface area contributed by atoms with E-state index in [-0.39, 0.29) is 42.9 Å². The van der Waals surface area contributed by atoms with Crippen LogP contribution in [0.25, 0.3) is 11.1 Å². The van der Waals surface area contributed by atoms with Crippen molar-refractivity contribution in [2.75, 3.05) is 40.3 Å². The Morgan fingerprint density at radius 2 is 1.36 bits per heavy atom. The largest absolute Gasteiger partial charge is 0.337 e. The molecule has 1 aliphatic carbocycles. The lowest BCUT2D eigenvalue weighted by atomic mass is 9.91. The fourth-order valence-electron chi connectivity index (χ4n) is 6.34. The van der Waals surface area contributed by atoms with Gasteiger partial charge in [0.15, 0.2) is 0 Å². The van der Waals surface area contributed by atoms with E-state index in [0.717, 1.165) is 37.1 Å². The van der Waals surface area contributed by atoms with E-state index in [0.29, 0.717) is 31.5 Å². The second kappa shape index (κ2) is 11.2. The highest BCUT2D eigenvalue weighted by atomic mass is 19.3. The predicted molar refractivity (Wildman–Crippen MR) is 149 cm³/mol. The maximum atomic E-state index is 13.6. The van der Waals surface area contributed by atoms with Crippen LogP contribution in [0.2, 0.25) is 0 Å². The number of benzene rings is 2. The maximum absolute atomic E-state index is 13.6. The fraction of sp³-hybridized carbons (Fsp3) is 0.548. The number of likely N-dealkylation sites (N-methyl/N-ethyl adjacent to an activating group) is 2. The molecular weight excluding hydrogens is 498 g/mol. The molecule has 8 heteroatoms. The first-order valence-electron chi connectivity index (χ1n) is 14.2. The summed E-state index contributed by atoms with van der Waals surface area (Å²) in [6, 6.07) is 16.3. The molecule has 2 aromatic carbocycles. The number of carbonyl (C=O) groups excluding carboxylic acids is 2. The Morgan fingerprint density at radius 1 is 0.795 bits per heavy atom. The Bertz CT molecular complexity index is 1160. The normalized spacial score (nSPS) is 23.7. The van der Waals surface area contributed by atoms with Crippen molar-refractivity contribution in [1.82, 2.24) is 19.6 Å². The molecule has 2 aromatic rings. The van der Waals surface area contributed by atoms with Crippen LogP contribution in [-0.4, -0.2) is 95.9 Å². The van der Waals surface area contributed by atoms with Gasteiger partial charge in [-0.1, -0.05) is 42.0 Å². The molecule has 0 spiro atoms. The van der Waals surface area contributed by atoms with Crippen LogP contribution in [0, 0.1) is 6.92 Å².